The molecule has 0 bridgehead atoms. The lowest BCUT2D eigenvalue weighted by molar-refractivity contribution is -0.160. The van der Waals surface area contributed by atoms with Crippen LogP contribution in [0.25, 0.3) is 0 Å². The van der Waals surface area contributed by atoms with Gasteiger partial charge in [0.1, 0.15) is 6.10 Å². The number of ether oxygens (including phenoxy) is 2. The Balaban J connectivity index is 1.82. The van der Waals surface area contributed by atoms with Crippen molar-refractivity contribution in [1.29, 1.82) is 0 Å². The number of rotatable bonds is 7. The molecule has 0 saturated heterocycles. The van der Waals surface area contributed by atoms with E-state index in [2.05, 4.69) is 5.32 Å². The largest absolute Gasteiger partial charge is 0.481 e. The SMILES string of the molecule is CCOC1CC(NC(=O)CC2(C(=O)O)CCC2)C1OC. The highest BCUT2D eigenvalue weighted by Crippen LogP contribution is 2.44. The van der Waals surface area contributed by atoms with E-state index < -0.39 is 11.4 Å². The number of carbonyl (C=O) groups excluding carboxylic acids is 1. The van der Waals surface area contributed by atoms with Gasteiger partial charge < -0.3 is 19.9 Å². The van der Waals surface area contributed by atoms with E-state index in [0.717, 1.165) is 12.8 Å². The maximum atomic E-state index is 12.0. The number of carboxylic acid groups (broad SMARTS) is 1. The minimum absolute atomic E-state index is 0.0208. The fraction of sp³-hybridized carbons (Fsp3) is 0.857. The minimum Gasteiger partial charge on any atom is -0.481 e. The maximum Gasteiger partial charge on any atom is 0.310 e. The zero-order valence-electron chi connectivity index (χ0n) is 12.1. The molecule has 3 atom stereocenters. The zero-order chi connectivity index (χ0) is 14.8. The summed E-state index contributed by atoms with van der Waals surface area (Å²) >= 11 is 0. The number of carboxylic acids is 1. The molecular formula is C14H23NO5. The van der Waals surface area contributed by atoms with E-state index >= 15 is 0 Å². The summed E-state index contributed by atoms with van der Waals surface area (Å²) < 4.78 is 10.8. The van der Waals surface area contributed by atoms with Gasteiger partial charge in [-0.2, -0.15) is 0 Å². The van der Waals surface area contributed by atoms with E-state index in [1.54, 1.807) is 7.11 Å². The van der Waals surface area contributed by atoms with E-state index in [4.69, 9.17) is 9.47 Å². The van der Waals surface area contributed by atoms with Crippen molar-refractivity contribution in [1.82, 2.24) is 5.32 Å². The highest BCUT2D eigenvalue weighted by atomic mass is 16.5. The van der Waals surface area contributed by atoms with Gasteiger partial charge in [-0.15, -0.1) is 0 Å². The second-order valence-electron chi connectivity index (χ2n) is 5.72. The summed E-state index contributed by atoms with van der Waals surface area (Å²) in [5.74, 6) is -1.06. The molecule has 2 aliphatic rings. The molecule has 0 radical (unpaired) electrons. The predicted octanol–water partition coefficient (Wildman–Crippen LogP) is 0.940. The van der Waals surface area contributed by atoms with Crippen LogP contribution in [0, 0.1) is 5.41 Å². The van der Waals surface area contributed by atoms with Crippen LogP contribution in [0.1, 0.15) is 39.0 Å². The van der Waals surface area contributed by atoms with Gasteiger partial charge in [-0.05, 0) is 26.2 Å². The molecule has 0 aromatic carbocycles. The Morgan fingerprint density at radius 1 is 1.40 bits per heavy atom. The second kappa shape index (κ2) is 6.10. The van der Waals surface area contributed by atoms with Gasteiger partial charge in [-0.1, -0.05) is 6.42 Å². The fourth-order valence-electron chi connectivity index (χ4n) is 3.05. The topological polar surface area (TPSA) is 84.9 Å². The molecule has 0 heterocycles. The highest BCUT2D eigenvalue weighted by Gasteiger charge is 2.48. The molecule has 0 spiro atoms. The quantitative estimate of drug-likeness (QED) is 0.727. The van der Waals surface area contributed by atoms with Gasteiger partial charge in [-0.25, -0.2) is 0 Å². The molecule has 2 saturated carbocycles. The highest BCUT2D eigenvalue weighted by molar-refractivity contribution is 5.85. The number of aliphatic carboxylic acids is 1. The molecule has 3 unspecified atom stereocenters. The molecular weight excluding hydrogens is 262 g/mol. The van der Waals surface area contributed by atoms with Crippen molar-refractivity contribution < 1.29 is 24.2 Å². The van der Waals surface area contributed by atoms with Crippen molar-refractivity contribution in [3.05, 3.63) is 0 Å². The van der Waals surface area contributed by atoms with Crippen molar-refractivity contribution in [3.63, 3.8) is 0 Å². The fourth-order valence-corrected chi connectivity index (χ4v) is 3.05. The summed E-state index contributed by atoms with van der Waals surface area (Å²) in [7, 11) is 1.60. The molecule has 0 aromatic heterocycles. The summed E-state index contributed by atoms with van der Waals surface area (Å²) in [5.41, 5.74) is -0.838. The van der Waals surface area contributed by atoms with Gasteiger partial charge in [0.15, 0.2) is 0 Å². The second-order valence-corrected chi connectivity index (χ2v) is 5.72. The molecule has 2 fully saturated rings. The lowest BCUT2D eigenvalue weighted by Gasteiger charge is -2.44. The Bertz CT molecular complexity index is 380. The average Bonchev–Trinajstić information content (AvgIpc) is 2.32. The van der Waals surface area contributed by atoms with Gasteiger partial charge in [0, 0.05) is 20.1 Å². The molecule has 2 rings (SSSR count). The van der Waals surface area contributed by atoms with Crippen molar-refractivity contribution in [3.8, 4) is 0 Å². The van der Waals surface area contributed by atoms with Crippen LogP contribution in [0.2, 0.25) is 0 Å². The Morgan fingerprint density at radius 2 is 2.10 bits per heavy atom. The first kappa shape index (κ1) is 15.3. The molecule has 6 heteroatoms. The molecule has 114 valence electrons. The van der Waals surface area contributed by atoms with Gasteiger partial charge in [0.25, 0.3) is 0 Å². The first-order valence-electron chi connectivity index (χ1n) is 7.19. The number of carbonyl (C=O) groups is 2. The molecule has 20 heavy (non-hydrogen) atoms. The number of hydrogen-bond acceptors (Lipinski definition) is 4. The number of hydrogen-bond donors (Lipinski definition) is 2. The van der Waals surface area contributed by atoms with Gasteiger partial charge in [0.05, 0.1) is 17.6 Å². The minimum atomic E-state index is -0.858. The van der Waals surface area contributed by atoms with Crippen LogP contribution in [0.5, 0.6) is 0 Å². The van der Waals surface area contributed by atoms with Crippen molar-refractivity contribution in [2.75, 3.05) is 13.7 Å². The predicted molar refractivity (Wildman–Crippen MR) is 71.3 cm³/mol. The van der Waals surface area contributed by atoms with Crippen molar-refractivity contribution >= 4 is 11.9 Å². The monoisotopic (exact) mass is 285 g/mol. The van der Waals surface area contributed by atoms with Crippen LogP contribution in [0.4, 0.5) is 0 Å². The van der Waals surface area contributed by atoms with Crippen LogP contribution in [0.15, 0.2) is 0 Å². The summed E-state index contributed by atoms with van der Waals surface area (Å²) in [4.78, 5) is 23.3. The molecule has 0 aromatic rings. The Hall–Kier alpha value is -1.14. The smallest absolute Gasteiger partial charge is 0.310 e. The molecule has 6 nitrogen and oxygen atoms in total. The van der Waals surface area contributed by atoms with Crippen LogP contribution in [-0.4, -0.2) is 48.9 Å². The van der Waals surface area contributed by atoms with Crippen molar-refractivity contribution in [2.24, 2.45) is 5.41 Å². The van der Waals surface area contributed by atoms with Crippen molar-refractivity contribution in [2.45, 2.75) is 57.3 Å². The van der Waals surface area contributed by atoms with Crippen LogP contribution < -0.4 is 5.32 Å². The normalized spacial score (nSPS) is 31.0. The number of methoxy groups -OCH3 is 1. The summed E-state index contributed by atoms with van der Waals surface area (Å²) in [6.07, 6.45) is 2.74. The van der Waals surface area contributed by atoms with Gasteiger partial charge >= 0.3 is 5.97 Å². The van der Waals surface area contributed by atoms with Crippen LogP contribution in [-0.2, 0) is 19.1 Å². The first-order valence-corrected chi connectivity index (χ1v) is 7.19. The first-order chi connectivity index (χ1) is 9.52. The Labute approximate surface area is 118 Å². The standard InChI is InChI=1S/C14H23NO5/c1-3-20-10-7-9(12(10)19-2)15-11(16)8-14(13(17)18)5-4-6-14/h9-10,12H,3-8H2,1-2H3,(H,15,16)(H,17,18). The number of nitrogens with one attached hydrogen (secondary N) is 1. The Morgan fingerprint density at radius 3 is 2.55 bits per heavy atom. The third kappa shape index (κ3) is 2.81. The molecule has 1 amide bonds. The molecule has 2 aliphatic carbocycles. The third-order valence-electron chi connectivity index (χ3n) is 4.51. The van der Waals surface area contributed by atoms with Gasteiger partial charge in [-0.3, -0.25) is 9.59 Å². The number of amides is 1. The van der Waals surface area contributed by atoms with Crippen LogP contribution in [0.3, 0.4) is 0 Å². The van der Waals surface area contributed by atoms with E-state index in [9.17, 15) is 14.7 Å². The Kier molecular flexibility index (Phi) is 4.65. The maximum absolute atomic E-state index is 12.0. The lowest BCUT2D eigenvalue weighted by Crippen LogP contribution is -2.61. The lowest BCUT2D eigenvalue weighted by atomic mass is 9.66. The van der Waals surface area contributed by atoms with E-state index in [-0.39, 0.29) is 30.6 Å². The van der Waals surface area contributed by atoms with Crippen LogP contribution >= 0.6 is 0 Å². The zero-order valence-corrected chi connectivity index (χ0v) is 12.1. The van der Waals surface area contributed by atoms with E-state index in [0.29, 0.717) is 19.4 Å². The van der Waals surface area contributed by atoms with Gasteiger partial charge in [0.2, 0.25) is 5.91 Å². The van der Waals surface area contributed by atoms with E-state index in [1.807, 2.05) is 6.92 Å². The summed E-state index contributed by atoms with van der Waals surface area (Å²) in [6, 6.07) is -0.0741. The summed E-state index contributed by atoms with van der Waals surface area (Å²) in [6.45, 7) is 2.54. The molecule has 0 aliphatic heterocycles. The summed E-state index contributed by atoms with van der Waals surface area (Å²) in [5, 5.41) is 12.1. The molecule has 2 N–H and O–H groups in total. The van der Waals surface area contributed by atoms with E-state index in [1.165, 1.54) is 0 Å². The average molecular weight is 285 g/mol. The third-order valence-corrected chi connectivity index (χ3v) is 4.51.